The van der Waals surface area contributed by atoms with Gasteiger partial charge in [-0.3, -0.25) is 4.90 Å². The molecule has 0 amide bonds. The first-order valence-electron chi connectivity index (χ1n) is 8.62. The molecule has 2 saturated heterocycles. The first-order chi connectivity index (χ1) is 11.4. The lowest BCUT2D eigenvalue weighted by Crippen LogP contribution is -2.46. The van der Waals surface area contributed by atoms with E-state index in [9.17, 15) is 8.42 Å². The van der Waals surface area contributed by atoms with Crippen molar-refractivity contribution < 1.29 is 8.42 Å². The highest BCUT2D eigenvalue weighted by molar-refractivity contribution is 7.88. The minimum Gasteiger partial charge on any atom is -0.373 e. The number of hydrogen-bond donors (Lipinski definition) is 1. The number of aromatic nitrogens is 2. The van der Waals surface area contributed by atoms with Crippen LogP contribution in [0, 0.1) is 6.92 Å². The van der Waals surface area contributed by atoms with Crippen molar-refractivity contribution in [3.8, 4) is 0 Å². The van der Waals surface area contributed by atoms with Gasteiger partial charge < -0.3 is 5.32 Å². The van der Waals surface area contributed by atoms with E-state index < -0.39 is 10.0 Å². The van der Waals surface area contributed by atoms with E-state index >= 15 is 0 Å². The molecule has 2 aliphatic rings. The van der Waals surface area contributed by atoms with Crippen LogP contribution in [0.4, 0.5) is 5.82 Å². The second-order valence-corrected chi connectivity index (χ2v) is 8.75. The Balaban J connectivity index is 1.74. The van der Waals surface area contributed by atoms with E-state index in [1.54, 1.807) is 4.31 Å². The minimum atomic E-state index is -3.07. The predicted molar refractivity (Wildman–Crippen MR) is 94.4 cm³/mol. The molecule has 8 heteroatoms. The average molecular weight is 353 g/mol. The molecule has 0 bridgehead atoms. The van der Waals surface area contributed by atoms with Crippen LogP contribution in [0.1, 0.15) is 43.2 Å². The van der Waals surface area contributed by atoms with Crippen LogP contribution in [0.25, 0.3) is 0 Å². The maximum Gasteiger partial charge on any atom is 0.211 e. The van der Waals surface area contributed by atoms with Gasteiger partial charge in [-0.15, -0.1) is 0 Å². The molecular weight excluding hydrogens is 326 g/mol. The Bertz CT molecular complexity index is 686. The number of rotatable bonds is 4. The fraction of sp³-hybridized carbons (Fsp3) is 0.750. The van der Waals surface area contributed by atoms with E-state index in [2.05, 4.69) is 20.2 Å². The Labute approximate surface area is 144 Å². The Kier molecular flexibility index (Phi) is 5.08. The second-order valence-electron chi connectivity index (χ2n) is 6.76. The lowest BCUT2D eigenvalue weighted by atomic mass is 10.0. The van der Waals surface area contributed by atoms with Crippen LogP contribution >= 0.6 is 0 Å². The van der Waals surface area contributed by atoms with Gasteiger partial charge in [0, 0.05) is 32.2 Å². The molecule has 2 fully saturated rings. The van der Waals surface area contributed by atoms with Crippen LogP contribution in [0.5, 0.6) is 0 Å². The van der Waals surface area contributed by atoms with E-state index in [0.717, 1.165) is 49.6 Å². The average Bonchev–Trinajstić information content (AvgIpc) is 3.03. The van der Waals surface area contributed by atoms with E-state index in [-0.39, 0.29) is 0 Å². The molecule has 0 saturated carbocycles. The van der Waals surface area contributed by atoms with Gasteiger partial charge in [0.15, 0.2) is 0 Å². The van der Waals surface area contributed by atoms with Gasteiger partial charge in [0.1, 0.15) is 11.6 Å². The van der Waals surface area contributed by atoms with Crippen molar-refractivity contribution in [1.29, 1.82) is 0 Å². The summed E-state index contributed by atoms with van der Waals surface area (Å²) in [6.45, 7) is 4.23. The zero-order valence-electron chi connectivity index (χ0n) is 14.7. The van der Waals surface area contributed by atoms with Gasteiger partial charge in [-0.1, -0.05) is 0 Å². The molecule has 134 valence electrons. The van der Waals surface area contributed by atoms with Crippen LogP contribution in [0.15, 0.2) is 6.07 Å². The zero-order valence-corrected chi connectivity index (χ0v) is 15.5. The smallest absolute Gasteiger partial charge is 0.211 e. The highest BCUT2D eigenvalue weighted by Crippen LogP contribution is 2.36. The van der Waals surface area contributed by atoms with Crippen LogP contribution < -0.4 is 5.32 Å². The molecule has 3 rings (SSSR count). The van der Waals surface area contributed by atoms with Crippen LogP contribution in [0.3, 0.4) is 0 Å². The van der Waals surface area contributed by atoms with Crippen molar-refractivity contribution in [3.63, 3.8) is 0 Å². The Hall–Kier alpha value is -1.25. The number of sulfonamides is 1. The molecule has 1 unspecified atom stereocenters. The maximum absolute atomic E-state index is 11.7. The predicted octanol–water partition coefficient (Wildman–Crippen LogP) is 1.39. The summed E-state index contributed by atoms with van der Waals surface area (Å²) in [6, 6.07) is 2.79. The van der Waals surface area contributed by atoms with Crippen molar-refractivity contribution >= 4 is 15.8 Å². The largest absolute Gasteiger partial charge is 0.373 e. The number of anilines is 1. The zero-order chi connectivity index (χ0) is 17.3. The highest BCUT2D eigenvalue weighted by atomic mass is 32.2. The van der Waals surface area contributed by atoms with Crippen molar-refractivity contribution in [2.75, 3.05) is 38.3 Å². The standard InChI is InChI=1S/C16H27N5O2S/c1-12-18-14(11-16(17-2)19-12)15-5-4-8-21(15)13-6-9-20(10-7-13)24(3,22)23/h11,13,15H,4-10H2,1-3H3,(H,17,18,19). The van der Waals surface area contributed by atoms with E-state index in [4.69, 9.17) is 0 Å². The van der Waals surface area contributed by atoms with Crippen molar-refractivity contribution in [2.45, 2.75) is 44.7 Å². The molecule has 0 spiro atoms. The number of nitrogens with one attached hydrogen (secondary N) is 1. The molecule has 0 radical (unpaired) electrons. The van der Waals surface area contributed by atoms with Gasteiger partial charge in [0.25, 0.3) is 0 Å². The van der Waals surface area contributed by atoms with Crippen molar-refractivity contribution in [3.05, 3.63) is 17.6 Å². The van der Waals surface area contributed by atoms with E-state index in [1.165, 1.54) is 6.26 Å². The van der Waals surface area contributed by atoms with Gasteiger partial charge in [-0.05, 0) is 39.2 Å². The van der Waals surface area contributed by atoms with Crippen LogP contribution in [-0.4, -0.2) is 66.6 Å². The monoisotopic (exact) mass is 353 g/mol. The lowest BCUT2D eigenvalue weighted by Gasteiger charge is -2.38. The van der Waals surface area contributed by atoms with Gasteiger partial charge in [-0.2, -0.15) is 0 Å². The normalized spacial score (nSPS) is 24.4. The SMILES string of the molecule is CNc1cc(C2CCCN2C2CCN(S(C)(=O)=O)CC2)nc(C)n1. The summed E-state index contributed by atoms with van der Waals surface area (Å²) in [5.41, 5.74) is 1.08. The minimum absolute atomic E-state index is 0.314. The Morgan fingerprint density at radius 1 is 1.17 bits per heavy atom. The summed E-state index contributed by atoms with van der Waals surface area (Å²) < 4.78 is 25.0. The molecule has 0 aromatic carbocycles. The third kappa shape index (κ3) is 3.70. The second kappa shape index (κ2) is 6.93. The molecular formula is C16H27N5O2S. The van der Waals surface area contributed by atoms with Crippen molar-refractivity contribution in [2.24, 2.45) is 0 Å². The first kappa shape index (κ1) is 17.6. The summed E-state index contributed by atoms with van der Waals surface area (Å²) in [4.78, 5) is 11.6. The maximum atomic E-state index is 11.7. The highest BCUT2D eigenvalue weighted by Gasteiger charge is 2.36. The molecule has 24 heavy (non-hydrogen) atoms. The quantitative estimate of drug-likeness (QED) is 0.881. The summed E-state index contributed by atoms with van der Waals surface area (Å²) in [7, 11) is -1.19. The van der Waals surface area contributed by atoms with E-state index in [0.29, 0.717) is 25.2 Å². The molecule has 3 heterocycles. The fourth-order valence-electron chi connectivity index (χ4n) is 3.94. The number of nitrogens with zero attached hydrogens (tertiary/aromatic N) is 4. The van der Waals surface area contributed by atoms with Crippen LogP contribution in [0.2, 0.25) is 0 Å². The first-order valence-corrected chi connectivity index (χ1v) is 10.5. The van der Waals surface area contributed by atoms with Crippen LogP contribution in [-0.2, 0) is 10.0 Å². The molecule has 1 N–H and O–H groups in total. The molecule has 1 aromatic heterocycles. The number of aryl methyl sites for hydroxylation is 1. The fourth-order valence-corrected chi connectivity index (χ4v) is 4.81. The summed E-state index contributed by atoms with van der Waals surface area (Å²) >= 11 is 0. The van der Waals surface area contributed by atoms with Gasteiger partial charge in [-0.25, -0.2) is 22.7 Å². The summed E-state index contributed by atoms with van der Waals surface area (Å²) in [6.07, 6.45) is 5.36. The Morgan fingerprint density at radius 3 is 2.50 bits per heavy atom. The van der Waals surface area contributed by atoms with Gasteiger partial charge in [0.2, 0.25) is 10.0 Å². The molecule has 0 aliphatic carbocycles. The topological polar surface area (TPSA) is 78.4 Å². The number of piperidine rings is 1. The molecule has 2 aliphatic heterocycles. The third-order valence-electron chi connectivity index (χ3n) is 5.11. The number of hydrogen-bond acceptors (Lipinski definition) is 6. The van der Waals surface area contributed by atoms with Gasteiger partial charge >= 0.3 is 0 Å². The lowest BCUT2D eigenvalue weighted by molar-refractivity contribution is 0.125. The molecule has 1 aromatic rings. The Morgan fingerprint density at radius 2 is 1.88 bits per heavy atom. The van der Waals surface area contributed by atoms with Crippen molar-refractivity contribution in [1.82, 2.24) is 19.2 Å². The summed E-state index contributed by atoms with van der Waals surface area (Å²) in [5.74, 6) is 1.65. The summed E-state index contributed by atoms with van der Waals surface area (Å²) in [5, 5.41) is 3.11. The molecule has 1 atom stereocenters. The number of likely N-dealkylation sites (tertiary alicyclic amines) is 1. The van der Waals surface area contributed by atoms with Gasteiger partial charge in [0.05, 0.1) is 18.0 Å². The third-order valence-corrected chi connectivity index (χ3v) is 6.41. The van der Waals surface area contributed by atoms with E-state index in [1.807, 2.05) is 20.0 Å². The molecule has 7 nitrogen and oxygen atoms in total.